The Balaban J connectivity index is 1.39. The van der Waals surface area contributed by atoms with Gasteiger partial charge in [-0.25, -0.2) is 0 Å². The van der Waals surface area contributed by atoms with Gasteiger partial charge in [0.1, 0.15) is 23.0 Å². The number of furan rings is 1. The highest BCUT2D eigenvalue weighted by molar-refractivity contribution is 5.98. The number of carbonyl (C=O) groups is 1. The van der Waals surface area contributed by atoms with Gasteiger partial charge in [0.05, 0.1) is 25.4 Å². The number of hydrogen-bond donors (Lipinski definition) is 0. The predicted octanol–water partition coefficient (Wildman–Crippen LogP) is 4.57. The van der Waals surface area contributed by atoms with Crippen LogP contribution in [0.2, 0.25) is 0 Å². The molecule has 0 N–H and O–H groups in total. The second-order valence-electron chi connectivity index (χ2n) is 8.52. The van der Waals surface area contributed by atoms with Gasteiger partial charge >= 0.3 is 0 Å². The average Bonchev–Trinajstić information content (AvgIpc) is 3.40. The maximum atomic E-state index is 13.6. The summed E-state index contributed by atoms with van der Waals surface area (Å²) in [7, 11) is 3.35. The third-order valence-electron chi connectivity index (χ3n) is 6.40. The number of hydrogen-bond acceptors (Lipinski definition) is 5. The third-order valence-corrected chi connectivity index (χ3v) is 6.40. The zero-order valence-electron chi connectivity index (χ0n) is 19.8. The molecule has 1 aliphatic rings. The van der Waals surface area contributed by atoms with E-state index in [4.69, 9.17) is 13.9 Å². The number of anilines is 1. The molecule has 2 aromatic carbocycles. The van der Waals surface area contributed by atoms with Gasteiger partial charge in [0, 0.05) is 44.9 Å². The highest BCUT2D eigenvalue weighted by Gasteiger charge is 2.27. The maximum Gasteiger partial charge on any atom is 0.270 e. The van der Waals surface area contributed by atoms with Gasteiger partial charge in [-0.1, -0.05) is 24.3 Å². The molecule has 1 saturated heterocycles. The number of ether oxygens (including phenoxy) is 2. The van der Waals surface area contributed by atoms with Crippen LogP contribution >= 0.6 is 0 Å². The number of para-hydroxylation sites is 2. The molecule has 2 aromatic heterocycles. The first-order valence-electron chi connectivity index (χ1n) is 11.5. The Kier molecular flexibility index (Phi) is 5.92. The molecule has 1 fully saturated rings. The summed E-state index contributed by atoms with van der Waals surface area (Å²) in [5, 5.41) is 0. The van der Waals surface area contributed by atoms with Crippen LogP contribution < -0.4 is 14.4 Å². The van der Waals surface area contributed by atoms with E-state index in [0.717, 1.165) is 52.7 Å². The maximum absolute atomic E-state index is 13.6. The number of aromatic nitrogens is 1. The lowest BCUT2D eigenvalue weighted by molar-refractivity contribution is 0.0736. The van der Waals surface area contributed by atoms with Crippen molar-refractivity contribution in [2.75, 3.05) is 45.3 Å². The Bertz CT molecular complexity index is 1310. The summed E-state index contributed by atoms with van der Waals surface area (Å²) < 4.78 is 18.8. The molecule has 4 aromatic rings. The Morgan fingerprint density at radius 2 is 1.74 bits per heavy atom. The van der Waals surface area contributed by atoms with Crippen LogP contribution in [-0.4, -0.2) is 55.8 Å². The largest absolute Gasteiger partial charge is 0.497 e. The fourth-order valence-electron chi connectivity index (χ4n) is 4.67. The van der Waals surface area contributed by atoms with Gasteiger partial charge in [0.15, 0.2) is 5.58 Å². The molecule has 0 atom stereocenters. The van der Waals surface area contributed by atoms with E-state index in [1.165, 1.54) is 0 Å². The van der Waals surface area contributed by atoms with Gasteiger partial charge in [0.2, 0.25) is 0 Å². The molecule has 1 amide bonds. The SMILES string of the molecule is COc1cccc(Cn2c(C(=O)N3CCN(c4ccccc4OC)CC3)cc3oc(C)cc32)c1. The quantitative estimate of drug-likeness (QED) is 0.423. The first-order chi connectivity index (χ1) is 16.6. The molecular formula is C27H29N3O4. The van der Waals surface area contributed by atoms with Gasteiger partial charge in [-0.3, -0.25) is 4.79 Å². The minimum absolute atomic E-state index is 0.0200. The molecule has 0 spiro atoms. The summed E-state index contributed by atoms with van der Waals surface area (Å²) in [6.07, 6.45) is 0. The normalized spacial score (nSPS) is 14.0. The van der Waals surface area contributed by atoms with Crippen LogP contribution in [0.4, 0.5) is 5.69 Å². The van der Waals surface area contributed by atoms with Crippen molar-refractivity contribution >= 4 is 22.7 Å². The summed E-state index contributed by atoms with van der Waals surface area (Å²) in [6.45, 7) is 5.26. The van der Waals surface area contributed by atoms with Crippen molar-refractivity contribution in [3.8, 4) is 11.5 Å². The number of carbonyl (C=O) groups excluding carboxylic acids is 1. The fraction of sp³-hybridized carbons (Fsp3) is 0.296. The van der Waals surface area contributed by atoms with Crippen LogP contribution in [0.3, 0.4) is 0 Å². The van der Waals surface area contributed by atoms with E-state index in [1.54, 1.807) is 14.2 Å². The van der Waals surface area contributed by atoms with Crippen molar-refractivity contribution in [1.29, 1.82) is 0 Å². The Morgan fingerprint density at radius 3 is 2.50 bits per heavy atom. The number of methoxy groups -OCH3 is 2. The van der Waals surface area contributed by atoms with Crippen LogP contribution in [0.5, 0.6) is 11.5 Å². The van der Waals surface area contributed by atoms with E-state index in [-0.39, 0.29) is 5.91 Å². The van der Waals surface area contributed by atoms with E-state index in [1.807, 2.05) is 66.4 Å². The molecule has 176 valence electrons. The van der Waals surface area contributed by atoms with Gasteiger partial charge in [-0.05, 0) is 36.8 Å². The van der Waals surface area contributed by atoms with Gasteiger partial charge < -0.3 is 28.3 Å². The molecule has 0 bridgehead atoms. The summed E-state index contributed by atoms with van der Waals surface area (Å²) in [4.78, 5) is 17.8. The number of amides is 1. The monoisotopic (exact) mass is 459 g/mol. The Morgan fingerprint density at radius 1 is 0.941 bits per heavy atom. The molecule has 0 aliphatic carbocycles. The minimum atomic E-state index is 0.0200. The van der Waals surface area contributed by atoms with Crippen molar-refractivity contribution in [2.24, 2.45) is 0 Å². The molecule has 0 saturated carbocycles. The topological polar surface area (TPSA) is 60.1 Å². The number of nitrogens with zero attached hydrogens (tertiary/aromatic N) is 3. The van der Waals surface area contributed by atoms with Crippen LogP contribution in [0, 0.1) is 6.92 Å². The lowest BCUT2D eigenvalue weighted by Crippen LogP contribution is -2.49. The van der Waals surface area contributed by atoms with Crippen molar-refractivity contribution in [2.45, 2.75) is 13.5 Å². The molecule has 3 heterocycles. The van der Waals surface area contributed by atoms with Crippen LogP contribution in [0.15, 0.2) is 65.1 Å². The van der Waals surface area contributed by atoms with E-state index in [0.29, 0.717) is 25.3 Å². The standard InChI is InChI=1S/C27H29N3O4/c1-19-15-23-26(34-19)17-24(30(23)18-20-7-6-8-21(16-20)32-2)27(31)29-13-11-28(12-14-29)22-9-4-5-10-25(22)33-3/h4-10,15-17H,11-14,18H2,1-3H3. The van der Waals surface area contributed by atoms with Crippen molar-refractivity contribution < 1.29 is 18.7 Å². The van der Waals surface area contributed by atoms with Gasteiger partial charge in [-0.15, -0.1) is 0 Å². The molecule has 1 aliphatic heterocycles. The molecule has 5 rings (SSSR count). The minimum Gasteiger partial charge on any atom is -0.497 e. The fourth-order valence-corrected chi connectivity index (χ4v) is 4.67. The molecule has 7 heteroatoms. The van der Waals surface area contributed by atoms with Crippen molar-refractivity contribution in [3.63, 3.8) is 0 Å². The number of fused-ring (bicyclic) bond motifs is 1. The highest BCUT2D eigenvalue weighted by atomic mass is 16.5. The molecule has 0 radical (unpaired) electrons. The van der Waals surface area contributed by atoms with E-state index in [2.05, 4.69) is 15.5 Å². The highest BCUT2D eigenvalue weighted by Crippen LogP contribution is 2.30. The summed E-state index contributed by atoms with van der Waals surface area (Å²) >= 11 is 0. The summed E-state index contributed by atoms with van der Waals surface area (Å²) in [6, 6.07) is 19.8. The van der Waals surface area contributed by atoms with Crippen LogP contribution in [0.25, 0.3) is 11.1 Å². The number of benzene rings is 2. The third kappa shape index (κ3) is 4.09. The number of rotatable bonds is 6. The first kappa shape index (κ1) is 21.9. The lowest BCUT2D eigenvalue weighted by atomic mass is 10.2. The van der Waals surface area contributed by atoms with E-state index >= 15 is 0 Å². The summed E-state index contributed by atoms with van der Waals surface area (Å²) in [5.41, 5.74) is 4.42. The second kappa shape index (κ2) is 9.17. The van der Waals surface area contributed by atoms with Gasteiger partial charge in [0.25, 0.3) is 5.91 Å². The van der Waals surface area contributed by atoms with Crippen molar-refractivity contribution in [1.82, 2.24) is 9.47 Å². The first-order valence-corrected chi connectivity index (χ1v) is 11.5. The lowest BCUT2D eigenvalue weighted by Gasteiger charge is -2.36. The summed E-state index contributed by atoms with van der Waals surface area (Å²) in [5.74, 6) is 2.50. The Hall–Kier alpha value is -3.87. The number of piperazine rings is 1. The van der Waals surface area contributed by atoms with Crippen molar-refractivity contribution in [3.05, 3.63) is 77.7 Å². The predicted molar refractivity (Wildman–Crippen MR) is 132 cm³/mol. The smallest absolute Gasteiger partial charge is 0.270 e. The zero-order chi connectivity index (χ0) is 23.7. The molecule has 7 nitrogen and oxygen atoms in total. The molecule has 34 heavy (non-hydrogen) atoms. The second-order valence-corrected chi connectivity index (χ2v) is 8.52. The van der Waals surface area contributed by atoms with Gasteiger partial charge in [-0.2, -0.15) is 0 Å². The average molecular weight is 460 g/mol. The van der Waals surface area contributed by atoms with E-state index in [9.17, 15) is 4.79 Å². The molecular weight excluding hydrogens is 430 g/mol. The number of aryl methyl sites for hydroxylation is 1. The zero-order valence-corrected chi connectivity index (χ0v) is 19.8. The van der Waals surface area contributed by atoms with Crippen LogP contribution in [0.1, 0.15) is 21.8 Å². The molecule has 0 unspecified atom stereocenters. The Labute approximate surface area is 199 Å². The van der Waals surface area contributed by atoms with E-state index < -0.39 is 0 Å². The van der Waals surface area contributed by atoms with Crippen LogP contribution in [-0.2, 0) is 6.54 Å².